The molecule has 1 N–H and O–H groups in total. The average Bonchev–Trinajstić information content (AvgIpc) is 2.65. The zero-order valence-corrected chi connectivity index (χ0v) is 16.1. The Labute approximate surface area is 159 Å². The molecule has 0 saturated heterocycles. The minimum atomic E-state index is -3.63. The molecule has 0 radical (unpaired) electrons. The van der Waals surface area contributed by atoms with Crippen molar-refractivity contribution in [2.75, 3.05) is 15.9 Å². The van der Waals surface area contributed by atoms with Gasteiger partial charge in [0.05, 0.1) is 11.9 Å². The number of rotatable bonds is 6. The standard InChI is InChI=1S/C21H22N2O3S/c1-3-20(23(27(2,25)26)19-11-5-4-6-12-19)21(24)22-18-14-13-16-9-7-8-10-17(16)15-18/h4-15,20H,3H2,1-2H3,(H,22,24). The molecule has 3 aromatic carbocycles. The molecule has 0 fully saturated rings. The number of hydrogen-bond acceptors (Lipinski definition) is 3. The molecule has 27 heavy (non-hydrogen) atoms. The Hall–Kier alpha value is -2.86. The molecule has 0 aliphatic carbocycles. The first-order valence-corrected chi connectivity index (χ1v) is 10.6. The van der Waals surface area contributed by atoms with Gasteiger partial charge in [-0.1, -0.05) is 55.5 Å². The third-order valence-electron chi connectivity index (χ3n) is 4.36. The second-order valence-electron chi connectivity index (χ2n) is 6.37. The highest BCUT2D eigenvalue weighted by Gasteiger charge is 2.31. The smallest absolute Gasteiger partial charge is 0.248 e. The summed E-state index contributed by atoms with van der Waals surface area (Å²) in [5.74, 6) is -0.359. The van der Waals surface area contributed by atoms with E-state index in [1.807, 2.05) is 42.5 Å². The summed E-state index contributed by atoms with van der Waals surface area (Å²) < 4.78 is 26.0. The largest absolute Gasteiger partial charge is 0.324 e. The maximum Gasteiger partial charge on any atom is 0.248 e. The molecule has 0 saturated carbocycles. The van der Waals surface area contributed by atoms with E-state index in [1.165, 1.54) is 4.31 Å². The molecule has 1 unspecified atom stereocenters. The lowest BCUT2D eigenvalue weighted by molar-refractivity contribution is -0.117. The first kappa shape index (κ1) is 18.9. The molecule has 0 bridgehead atoms. The number of amides is 1. The van der Waals surface area contributed by atoms with Crippen LogP contribution < -0.4 is 9.62 Å². The third-order valence-corrected chi connectivity index (χ3v) is 5.54. The van der Waals surface area contributed by atoms with E-state index < -0.39 is 16.1 Å². The number of carbonyl (C=O) groups is 1. The Morgan fingerprint density at radius 1 is 0.963 bits per heavy atom. The van der Waals surface area contributed by atoms with E-state index in [0.29, 0.717) is 17.8 Å². The normalized spacial score (nSPS) is 12.5. The number of anilines is 2. The molecule has 3 rings (SSSR count). The van der Waals surface area contributed by atoms with Crippen LogP contribution in [0.1, 0.15) is 13.3 Å². The van der Waals surface area contributed by atoms with Crippen LogP contribution in [0, 0.1) is 0 Å². The number of fused-ring (bicyclic) bond motifs is 1. The van der Waals surface area contributed by atoms with Gasteiger partial charge in [0, 0.05) is 5.69 Å². The van der Waals surface area contributed by atoms with Crippen molar-refractivity contribution in [2.24, 2.45) is 0 Å². The van der Waals surface area contributed by atoms with Crippen LogP contribution in [0.15, 0.2) is 72.8 Å². The summed E-state index contributed by atoms with van der Waals surface area (Å²) in [7, 11) is -3.63. The molecule has 0 spiro atoms. The van der Waals surface area contributed by atoms with Crippen LogP contribution in [0.2, 0.25) is 0 Å². The maximum absolute atomic E-state index is 12.9. The first-order valence-electron chi connectivity index (χ1n) is 8.74. The summed E-state index contributed by atoms with van der Waals surface area (Å²) in [4.78, 5) is 12.9. The van der Waals surface area contributed by atoms with Gasteiger partial charge in [-0.05, 0) is 41.5 Å². The highest BCUT2D eigenvalue weighted by atomic mass is 32.2. The van der Waals surface area contributed by atoms with Crippen molar-refractivity contribution in [3.05, 3.63) is 72.8 Å². The molecule has 0 aromatic heterocycles. The molecule has 0 aliphatic heterocycles. The zero-order valence-electron chi connectivity index (χ0n) is 15.3. The third kappa shape index (κ3) is 4.28. The van der Waals surface area contributed by atoms with Gasteiger partial charge in [0.2, 0.25) is 15.9 Å². The fraction of sp³-hybridized carbons (Fsp3) is 0.190. The monoisotopic (exact) mass is 382 g/mol. The zero-order chi connectivity index (χ0) is 19.4. The molecule has 1 amide bonds. The Balaban J connectivity index is 1.91. The van der Waals surface area contributed by atoms with Crippen molar-refractivity contribution in [3.8, 4) is 0 Å². The molecular formula is C21H22N2O3S. The fourth-order valence-corrected chi connectivity index (χ4v) is 4.34. The summed E-state index contributed by atoms with van der Waals surface area (Å²) >= 11 is 0. The van der Waals surface area contributed by atoms with Crippen LogP contribution in [-0.4, -0.2) is 26.6 Å². The number of benzene rings is 3. The van der Waals surface area contributed by atoms with E-state index >= 15 is 0 Å². The van der Waals surface area contributed by atoms with Crippen molar-refractivity contribution >= 4 is 38.1 Å². The Bertz CT molecular complexity index is 1050. The Morgan fingerprint density at radius 2 is 1.59 bits per heavy atom. The van der Waals surface area contributed by atoms with Crippen LogP contribution in [0.3, 0.4) is 0 Å². The summed E-state index contributed by atoms with van der Waals surface area (Å²) in [6, 6.07) is 21.3. The lowest BCUT2D eigenvalue weighted by Gasteiger charge is -2.30. The van der Waals surface area contributed by atoms with E-state index in [0.717, 1.165) is 17.0 Å². The van der Waals surface area contributed by atoms with Gasteiger partial charge >= 0.3 is 0 Å². The average molecular weight is 382 g/mol. The quantitative estimate of drug-likeness (QED) is 0.700. The molecule has 5 nitrogen and oxygen atoms in total. The second kappa shape index (κ2) is 7.80. The maximum atomic E-state index is 12.9. The summed E-state index contributed by atoms with van der Waals surface area (Å²) in [5.41, 5.74) is 1.11. The van der Waals surface area contributed by atoms with Crippen LogP contribution >= 0.6 is 0 Å². The van der Waals surface area contributed by atoms with Gasteiger partial charge in [-0.25, -0.2) is 8.42 Å². The van der Waals surface area contributed by atoms with Gasteiger partial charge in [-0.15, -0.1) is 0 Å². The number of para-hydroxylation sites is 1. The van der Waals surface area contributed by atoms with Crippen molar-refractivity contribution in [1.29, 1.82) is 0 Å². The lowest BCUT2D eigenvalue weighted by Crippen LogP contribution is -2.46. The van der Waals surface area contributed by atoms with E-state index in [-0.39, 0.29) is 5.91 Å². The topological polar surface area (TPSA) is 66.5 Å². The van der Waals surface area contributed by atoms with Crippen LogP contribution in [0.5, 0.6) is 0 Å². The molecular weight excluding hydrogens is 360 g/mol. The van der Waals surface area contributed by atoms with Crippen molar-refractivity contribution in [2.45, 2.75) is 19.4 Å². The Morgan fingerprint density at radius 3 is 2.22 bits per heavy atom. The molecule has 1 atom stereocenters. The molecule has 6 heteroatoms. The van der Waals surface area contributed by atoms with Gasteiger partial charge in [0.1, 0.15) is 6.04 Å². The van der Waals surface area contributed by atoms with Crippen LogP contribution in [0.4, 0.5) is 11.4 Å². The van der Waals surface area contributed by atoms with Crippen LogP contribution in [0.25, 0.3) is 10.8 Å². The molecule has 140 valence electrons. The van der Waals surface area contributed by atoms with Gasteiger partial charge in [0.15, 0.2) is 0 Å². The molecule has 0 aliphatic rings. The minimum absolute atomic E-state index is 0.349. The minimum Gasteiger partial charge on any atom is -0.324 e. The van der Waals surface area contributed by atoms with Crippen molar-refractivity contribution < 1.29 is 13.2 Å². The number of nitrogens with one attached hydrogen (secondary N) is 1. The van der Waals surface area contributed by atoms with Crippen molar-refractivity contribution in [1.82, 2.24) is 0 Å². The van der Waals surface area contributed by atoms with E-state index in [2.05, 4.69) is 5.32 Å². The second-order valence-corrected chi connectivity index (χ2v) is 8.23. The molecule has 3 aromatic rings. The number of carbonyl (C=O) groups excluding carboxylic acids is 1. The summed E-state index contributed by atoms with van der Waals surface area (Å²) in [5, 5.41) is 4.94. The summed E-state index contributed by atoms with van der Waals surface area (Å²) in [6.07, 6.45) is 1.47. The predicted molar refractivity (Wildman–Crippen MR) is 110 cm³/mol. The van der Waals surface area contributed by atoms with E-state index in [1.54, 1.807) is 37.3 Å². The fourth-order valence-electron chi connectivity index (χ4n) is 3.13. The van der Waals surface area contributed by atoms with Gasteiger partial charge < -0.3 is 5.32 Å². The number of sulfonamides is 1. The first-order chi connectivity index (χ1) is 12.9. The summed E-state index contributed by atoms with van der Waals surface area (Å²) in [6.45, 7) is 1.80. The van der Waals surface area contributed by atoms with Crippen molar-refractivity contribution in [3.63, 3.8) is 0 Å². The number of hydrogen-bond donors (Lipinski definition) is 1. The SMILES string of the molecule is CCC(C(=O)Nc1ccc2ccccc2c1)N(c1ccccc1)S(C)(=O)=O. The van der Waals surface area contributed by atoms with E-state index in [9.17, 15) is 13.2 Å². The predicted octanol–water partition coefficient (Wildman–Crippen LogP) is 4.02. The van der Waals surface area contributed by atoms with Gasteiger partial charge in [-0.3, -0.25) is 9.10 Å². The highest BCUT2D eigenvalue weighted by molar-refractivity contribution is 7.92. The van der Waals surface area contributed by atoms with E-state index in [4.69, 9.17) is 0 Å². The highest BCUT2D eigenvalue weighted by Crippen LogP contribution is 2.24. The number of nitrogens with zero attached hydrogens (tertiary/aromatic N) is 1. The van der Waals surface area contributed by atoms with Crippen LogP contribution in [-0.2, 0) is 14.8 Å². The van der Waals surface area contributed by atoms with Gasteiger partial charge in [0.25, 0.3) is 0 Å². The van der Waals surface area contributed by atoms with Gasteiger partial charge in [-0.2, -0.15) is 0 Å². The Kier molecular flexibility index (Phi) is 5.46. The molecule has 0 heterocycles. The lowest BCUT2D eigenvalue weighted by atomic mass is 10.1.